The zero-order valence-electron chi connectivity index (χ0n) is 14.9. The molecule has 0 saturated carbocycles. The molecule has 0 radical (unpaired) electrons. The van der Waals surface area contributed by atoms with Crippen LogP contribution in [0.25, 0.3) is 0 Å². The number of benzene rings is 1. The molecule has 1 aliphatic rings. The summed E-state index contributed by atoms with van der Waals surface area (Å²) in [5.74, 6) is -0.430. The molecule has 2 N–H and O–H groups in total. The average molecular weight is 408 g/mol. The van der Waals surface area contributed by atoms with Crippen molar-refractivity contribution in [2.24, 2.45) is 0 Å². The minimum atomic E-state index is -3.80. The van der Waals surface area contributed by atoms with Crippen molar-refractivity contribution in [1.29, 1.82) is 0 Å². The van der Waals surface area contributed by atoms with E-state index < -0.39 is 10.0 Å². The molecule has 0 fully saturated rings. The number of aryl methyl sites for hydroxylation is 1. The minimum Gasteiger partial charge on any atom is -0.350 e. The van der Waals surface area contributed by atoms with E-state index in [0.29, 0.717) is 31.5 Å². The Morgan fingerprint density at radius 2 is 2.11 bits per heavy atom. The molecule has 0 bridgehead atoms. The van der Waals surface area contributed by atoms with Crippen LogP contribution in [0.4, 0.5) is 5.69 Å². The first kappa shape index (κ1) is 19.5. The Morgan fingerprint density at radius 3 is 2.85 bits per heavy atom. The molecule has 144 valence electrons. The van der Waals surface area contributed by atoms with Gasteiger partial charge in [-0.1, -0.05) is 6.07 Å². The number of amides is 2. The fourth-order valence-electron chi connectivity index (χ4n) is 2.83. The van der Waals surface area contributed by atoms with Crippen molar-refractivity contribution < 1.29 is 18.0 Å². The zero-order chi connectivity index (χ0) is 19.4. The summed E-state index contributed by atoms with van der Waals surface area (Å²) in [6.07, 6.45) is 1.72. The van der Waals surface area contributed by atoms with E-state index in [0.717, 1.165) is 14.7 Å². The number of thiophene rings is 1. The van der Waals surface area contributed by atoms with Crippen LogP contribution in [0, 0.1) is 0 Å². The van der Waals surface area contributed by atoms with Gasteiger partial charge in [0.2, 0.25) is 21.8 Å². The third-order valence-electron chi connectivity index (χ3n) is 4.32. The second kappa shape index (κ2) is 8.20. The van der Waals surface area contributed by atoms with E-state index in [1.807, 2.05) is 17.5 Å². The van der Waals surface area contributed by atoms with E-state index in [4.69, 9.17) is 0 Å². The van der Waals surface area contributed by atoms with Gasteiger partial charge in [0.15, 0.2) is 0 Å². The number of fused-ring (bicyclic) bond motifs is 1. The van der Waals surface area contributed by atoms with Crippen LogP contribution in [-0.4, -0.2) is 38.1 Å². The van der Waals surface area contributed by atoms with Gasteiger partial charge in [-0.2, -0.15) is 4.31 Å². The van der Waals surface area contributed by atoms with Gasteiger partial charge in [0.1, 0.15) is 0 Å². The second-order valence-corrected chi connectivity index (χ2v) is 9.41. The number of likely N-dealkylation sites (N-methyl/N-ethyl adjacent to an activating group) is 1. The van der Waals surface area contributed by atoms with E-state index in [9.17, 15) is 18.0 Å². The molecule has 0 saturated heterocycles. The monoisotopic (exact) mass is 407 g/mol. The van der Waals surface area contributed by atoms with E-state index in [1.54, 1.807) is 12.1 Å². The third kappa shape index (κ3) is 4.74. The van der Waals surface area contributed by atoms with E-state index >= 15 is 0 Å². The van der Waals surface area contributed by atoms with Crippen LogP contribution in [0.3, 0.4) is 0 Å². The fraction of sp³-hybridized carbons (Fsp3) is 0.333. The molecule has 9 heteroatoms. The molecule has 3 rings (SSSR count). The number of carbonyl (C=O) groups is 2. The number of hydrogen-bond donors (Lipinski definition) is 2. The van der Waals surface area contributed by atoms with Crippen LogP contribution in [0.2, 0.25) is 0 Å². The van der Waals surface area contributed by atoms with Crippen molar-refractivity contribution in [1.82, 2.24) is 9.62 Å². The maximum Gasteiger partial charge on any atom is 0.243 e. The Labute approximate surface area is 162 Å². The number of sulfonamides is 1. The Kier molecular flexibility index (Phi) is 5.93. The Bertz CT molecular complexity index is 940. The lowest BCUT2D eigenvalue weighted by molar-refractivity contribution is -0.121. The molecular formula is C18H21N3O4S2. The Hall–Kier alpha value is -2.23. The standard InChI is InChI=1S/C18H21N3O4S2/c1-21(12-18(23)19-11-14-5-3-9-26-14)27(24,25)15-7-8-16-13(10-15)4-2-6-17(22)20-16/h3,5,7-10H,2,4,6,11-12H2,1H3,(H,19,23)(H,20,22). The summed E-state index contributed by atoms with van der Waals surface area (Å²) >= 11 is 1.52. The summed E-state index contributed by atoms with van der Waals surface area (Å²) in [6, 6.07) is 8.44. The highest BCUT2D eigenvalue weighted by molar-refractivity contribution is 7.89. The summed E-state index contributed by atoms with van der Waals surface area (Å²) in [7, 11) is -2.42. The quantitative estimate of drug-likeness (QED) is 0.765. The van der Waals surface area contributed by atoms with Gasteiger partial charge >= 0.3 is 0 Å². The van der Waals surface area contributed by atoms with Gasteiger partial charge in [0.25, 0.3) is 0 Å². The topological polar surface area (TPSA) is 95.6 Å². The Morgan fingerprint density at radius 1 is 1.30 bits per heavy atom. The number of nitrogens with zero attached hydrogens (tertiary/aromatic N) is 1. The van der Waals surface area contributed by atoms with E-state index in [1.165, 1.54) is 24.5 Å². The molecule has 0 aliphatic carbocycles. The largest absolute Gasteiger partial charge is 0.350 e. The molecule has 27 heavy (non-hydrogen) atoms. The van der Waals surface area contributed by atoms with Gasteiger partial charge in [0, 0.05) is 24.0 Å². The van der Waals surface area contributed by atoms with E-state index in [2.05, 4.69) is 10.6 Å². The van der Waals surface area contributed by atoms with Gasteiger partial charge in [-0.3, -0.25) is 9.59 Å². The molecule has 0 atom stereocenters. The van der Waals surface area contributed by atoms with Crippen LogP contribution < -0.4 is 10.6 Å². The normalized spacial score (nSPS) is 14.4. The number of anilines is 1. The third-order valence-corrected chi connectivity index (χ3v) is 6.99. The SMILES string of the molecule is CN(CC(=O)NCc1cccs1)S(=O)(=O)c1ccc2c(c1)CCCC(=O)N2. The summed E-state index contributed by atoms with van der Waals surface area (Å²) in [5.41, 5.74) is 1.44. The zero-order valence-corrected chi connectivity index (χ0v) is 16.5. The maximum atomic E-state index is 12.8. The van der Waals surface area contributed by atoms with Gasteiger partial charge in [0.05, 0.1) is 18.0 Å². The molecule has 2 aromatic rings. The number of nitrogens with one attached hydrogen (secondary N) is 2. The summed E-state index contributed by atoms with van der Waals surface area (Å²) < 4.78 is 26.6. The molecule has 1 aliphatic heterocycles. The number of hydrogen-bond acceptors (Lipinski definition) is 5. The lowest BCUT2D eigenvalue weighted by atomic mass is 10.1. The lowest BCUT2D eigenvalue weighted by Crippen LogP contribution is -2.38. The number of carbonyl (C=O) groups excluding carboxylic acids is 2. The molecule has 1 aromatic carbocycles. The van der Waals surface area contributed by atoms with Crippen molar-refractivity contribution in [2.75, 3.05) is 18.9 Å². The fourth-order valence-corrected chi connectivity index (χ4v) is 4.66. The first-order valence-electron chi connectivity index (χ1n) is 8.54. The molecule has 2 heterocycles. The summed E-state index contributed by atoms with van der Waals surface area (Å²) in [6.45, 7) is 0.116. The smallest absolute Gasteiger partial charge is 0.243 e. The lowest BCUT2D eigenvalue weighted by Gasteiger charge is -2.18. The molecule has 2 amide bonds. The highest BCUT2D eigenvalue weighted by atomic mass is 32.2. The molecule has 7 nitrogen and oxygen atoms in total. The highest BCUT2D eigenvalue weighted by Crippen LogP contribution is 2.26. The van der Waals surface area contributed by atoms with Crippen LogP contribution >= 0.6 is 11.3 Å². The van der Waals surface area contributed by atoms with Crippen molar-refractivity contribution >= 4 is 38.9 Å². The maximum absolute atomic E-state index is 12.8. The first-order valence-corrected chi connectivity index (χ1v) is 10.9. The van der Waals surface area contributed by atoms with Crippen LogP contribution in [0.15, 0.2) is 40.6 Å². The highest BCUT2D eigenvalue weighted by Gasteiger charge is 2.24. The van der Waals surface area contributed by atoms with Crippen LogP contribution in [-0.2, 0) is 32.6 Å². The summed E-state index contributed by atoms with van der Waals surface area (Å²) in [5, 5.41) is 7.42. The van der Waals surface area contributed by atoms with Crippen molar-refractivity contribution in [2.45, 2.75) is 30.7 Å². The summed E-state index contributed by atoms with van der Waals surface area (Å²) in [4.78, 5) is 24.8. The molecule has 0 spiro atoms. The van der Waals surface area contributed by atoms with Gasteiger partial charge < -0.3 is 10.6 Å². The first-order chi connectivity index (χ1) is 12.9. The van der Waals surface area contributed by atoms with Crippen LogP contribution in [0.5, 0.6) is 0 Å². The second-order valence-electron chi connectivity index (χ2n) is 6.34. The van der Waals surface area contributed by atoms with Crippen molar-refractivity contribution in [3.8, 4) is 0 Å². The van der Waals surface area contributed by atoms with Gasteiger partial charge in [-0.25, -0.2) is 8.42 Å². The van der Waals surface area contributed by atoms with Gasteiger partial charge in [-0.05, 0) is 48.1 Å². The Balaban J connectivity index is 1.68. The predicted octanol–water partition coefficient (Wildman–Crippen LogP) is 1.96. The molecule has 0 unspecified atom stereocenters. The van der Waals surface area contributed by atoms with Crippen LogP contribution in [0.1, 0.15) is 23.3 Å². The predicted molar refractivity (Wildman–Crippen MR) is 104 cm³/mol. The van der Waals surface area contributed by atoms with Crippen molar-refractivity contribution in [3.05, 3.63) is 46.2 Å². The van der Waals surface area contributed by atoms with E-state index in [-0.39, 0.29) is 23.3 Å². The van der Waals surface area contributed by atoms with Crippen molar-refractivity contribution in [3.63, 3.8) is 0 Å². The average Bonchev–Trinajstić information content (AvgIpc) is 3.07. The minimum absolute atomic E-state index is 0.0658. The molecular weight excluding hydrogens is 386 g/mol. The molecule has 1 aromatic heterocycles. The van der Waals surface area contributed by atoms with Gasteiger partial charge in [-0.15, -0.1) is 11.3 Å². The number of rotatable bonds is 6.